The number of para-hydroxylation sites is 1. The molecule has 1 nitrogen and oxygen atoms in total. The summed E-state index contributed by atoms with van der Waals surface area (Å²) in [6.07, 6.45) is 3.84. The van der Waals surface area contributed by atoms with E-state index in [1.54, 1.807) is 0 Å². The molecule has 0 heterocycles. The molecule has 0 saturated carbocycles. The molecule has 0 unspecified atom stereocenters. The zero-order valence-corrected chi connectivity index (χ0v) is 11.1. The number of hydrogen-bond donors (Lipinski definition) is 0. The summed E-state index contributed by atoms with van der Waals surface area (Å²) in [5.74, 6) is 0. The minimum absolute atomic E-state index is 0.815. The van der Waals surface area contributed by atoms with Crippen molar-refractivity contribution < 1.29 is 0 Å². The van der Waals surface area contributed by atoms with Crippen LogP contribution < -0.4 is 4.90 Å². The Morgan fingerprint density at radius 1 is 0.789 bits per heavy atom. The van der Waals surface area contributed by atoms with Gasteiger partial charge >= 0.3 is 0 Å². The van der Waals surface area contributed by atoms with Crippen LogP contribution in [0.5, 0.6) is 0 Å². The number of hydrogen-bond acceptors (Lipinski definition) is 1. The highest BCUT2D eigenvalue weighted by Gasteiger charge is 2.09. The molecule has 2 aromatic carbocycles. The summed E-state index contributed by atoms with van der Waals surface area (Å²) in [6.45, 7) is 9.30. The lowest BCUT2D eigenvalue weighted by molar-refractivity contribution is 0.958. The van der Waals surface area contributed by atoms with Crippen LogP contribution >= 0.6 is 0 Å². The minimum Gasteiger partial charge on any atom is -0.364 e. The average molecular weight is 249 g/mol. The van der Waals surface area contributed by atoms with Gasteiger partial charge in [-0.25, -0.2) is 0 Å². The second kappa shape index (κ2) is 6.60. The monoisotopic (exact) mass is 249 g/mol. The molecule has 1 heteroatoms. The highest BCUT2D eigenvalue weighted by molar-refractivity contribution is 5.78. The van der Waals surface area contributed by atoms with Crippen molar-refractivity contribution in [2.75, 3.05) is 18.0 Å². The fourth-order valence-electron chi connectivity index (χ4n) is 2.19. The molecule has 0 fully saturated rings. The SMILES string of the molecule is C=CCN(CC=C)c1ccccc1-c1ccccc1. The van der Waals surface area contributed by atoms with E-state index in [2.05, 4.69) is 66.6 Å². The van der Waals surface area contributed by atoms with E-state index in [-0.39, 0.29) is 0 Å². The van der Waals surface area contributed by atoms with Crippen LogP contribution in [0.3, 0.4) is 0 Å². The van der Waals surface area contributed by atoms with Crippen molar-refractivity contribution in [2.45, 2.75) is 0 Å². The van der Waals surface area contributed by atoms with E-state index >= 15 is 0 Å². The molecule has 0 aromatic heterocycles. The van der Waals surface area contributed by atoms with Crippen LogP contribution in [0.2, 0.25) is 0 Å². The maximum absolute atomic E-state index is 3.83. The summed E-state index contributed by atoms with van der Waals surface area (Å²) < 4.78 is 0. The number of benzene rings is 2. The fourth-order valence-corrected chi connectivity index (χ4v) is 2.19. The summed E-state index contributed by atoms with van der Waals surface area (Å²) >= 11 is 0. The molecule has 0 aliphatic carbocycles. The fraction of sp³-hybridized carbons (Fsp3) is 0.111. The molecule has 0 aliphatic rings. The van der Waals surface area contributed by atoms with Crippen molar-refractivity contribution in [2.24, 2.45) is 0 Å². The summed E-state index contributed by atoms with van der Waals surface area (Å²) in [7, 11) is 0. The van der Waals surface area contributed by atoms with Gasteiger partial charge in [0.1, 0.15) is 0 Å². The standard InChI is InChI=1S/C18H19N/c1-3-14-19(15-4-2)18-13-9-8-12-17(18)16-10-6-5-7-11-16/h3-13H,1-2,14-15H2. The summed E-state index contributed by atoms with van der Waals surface area (Å²) in [5.41, 5.74) is 3.69. The molecular weight excluding hydrogens is 230 g/mol. The Hall–Kier alpha value is -2.28. The van der Waals surface area contributed by atoms with Crippen molar-refractivity contribution in [3.63, 3.8) is 0 Å². The molecule has 96 valence electrons. The summed E-state index contributed by atoms with van der Waals surface area (Å²) in [6, 6.07) is 18.9. The normalized spacial score (nSPS) is 9.89. The Labute approximate surface area is 115 Å². The van der Waals surface area contributed by atoms with Crippen LogP contribution in [0.1, 0.15) is 0 Å². The number of rotatable bonds is 6. The van der Waals surface area contributed by atoms with E-state index in [0.717, 1.165) is 13.1 Å². The maximum atomic E-state index is 3.83. The van der Waals surface area contributed by atoms with Crippen LogP contribution in [0.25, 0.3) is 11.1 Å². The second-order valence-electron chi connectivity index (χ2n) is 4.37. The van der Waals surface area contributed by atoms with Crippen molar-refractivity contribution >= 4 is 5.69 Å². The van der Waals surface area contributed by atoms with E-state index < -0.39 is 0 Å². The predicted molar refractivity (Wildman–Crippen MR) is 84.5 cm³/mol. The van der Waals surface area contributed by atoms with Gasteiger partial charge in [0.2, 0.25) is 0 Å². The van der Waals surface area contributed by atoms with Crippen molar-refractivity contribution in [1.29, 1.82) is 0 Å². The average Bonchev–Trinajstić information content (AvgIpc) is 2.48. The van der Waals surface area contributed by atoms with Crippen molar-refractivity contribution in [1.82, 2.24) is 0 Å². The van der Waals surface area contributed by atoms with Crippen LogP contribution in [-0.2, 0) is 0 Å². The van der Waals surface area contributed by atoms with Crippen molar-refractivity contribution in [3.8, 4) is 11.1 Å². The van der Waals surface area contributed by atoms with Gasteiger partial charge in [-0.05, 0) is 11.6 Å². The number of anilines is 1. The molecule has 19 heavy (non-hydrogen) atoms. The largest absolute Gasteiger partial charge is 0.364 e. The van der Waals surface area contributed by atoms with Crippen LogP contribution in [0.4, 0.5) is 5.69 Å². The zero-order valence-electron chi connectivity index (χ0n) is 11.1. The van der Waals surface area contributed by atoms with Crippen LogP contribution in [-0.4, -0.2) is 13.1 Å². The molecule has 0 atom stereocenters. The third-order valence-corrected chi connectivity index (χ3v) is 3.03. The molecule has 0 N–H and O–H groups in total. The molecule has 2 aromatic rings. The highest BCUT2D eigenvalue weighted by atomic mass is 15.1. The summed E-state index contributed by atoms with van der Waals surface area (Å²) in [4.78, 5) is 2.27. The zero-order chi connectivity index (χ0) is 13.5. The van der Waals surface area contributed by atoms with Gasteiger partial charge in [-0.1, -0.05) is 60.7 Å². The van der Waals surface area contributed by atoms with Crippen LogP contribution in [0, 0.1) is 0 Å². The molecule has 0 bridgehead atoms. The lowest BCUT2D eigenvalue weighted by Gasteiger charge is -2.24. The van der Waals surface area contributed by atoms with E-state index in [1.165, 1.54) is 16.8 Å². The van der Waals surface area contributed by atoms with Gasteiger partial charge in [0.15, 0.2) is 0 Å². The Bertz CT molecular complexity index is 533. The van der Waals surface area contributed by atoms with E-state index in [0.29, 0.717) is 0 Å². The number of nitrogens with zero attached hydrogens (tertiary/aromatic N) is 1. The van der Waals surface area contributed by atoms with Gasteiger partial charge in [-0.2, -0.15) is 0 Å². The predicted octanol–water partition coefficient (Wildman–Crippen LogP) is 4.53. The first-order valence-corrected chi connectivity index (χ1v) is 6.48. The smallest absolute Gasteiger partial charge is 0.0451 e. The molecule has 0 spiro atoms. The first kappa shape index (κ1) is 13.2. The highest BCUT2D eigenvalue weighted by Crippen LogP contribution is 2.30. The Morgan fingerprint density at radius 2 is 1.37 bits per heavy atom. The van der Waals surface area contributed by atoms with E-state index in [1.807, 2.05) is 18.2 Å². The van der Waals surface area contributed by atoms with Gasteiger partial charge < -0.3 is 4.90 Å². The van der Waals surface area contributed by atoms with Gasteiger partial charge in [0.25, 0.3) is 0 Å². The minimum atomic E-state index is 0.815. The third-order valence-electron chi connectivity index (χ3n) is 3.03. The Morgan fingerprint density at radius 3 is 2.00 bits per heavy atom. The van der Waals surface area contributed by atoms with Gasteiger partial charge in [0, 0.05) is 24.3 Å². The lowest BCUT2D eigenvalue weighted by atomic mass is 10.0. The molecule has 0 radical (unpaired) electrons. The van der Waals surface area contributed by atoms with Gasteiger partial charge in [-0.3, -0.25) is 0 Å². The van der Waals surface area contributed by atoms with Gasteiger partial charge in [-0.15, -0.1) is 13.2 Å². The van der Waals surface area contributed by atoms with Crippen molar-refractivity contribution in [3.05, 3.63) is 79.9 Å². The van der Waals surface area contributed by atoms with E-state index in [4.69, 9.17) is 0 Å². The molecule has 0 amide bonds. The second-order valence-corrected chi connectivity index (χ2v) is 4.37. The molecular formula is C18H19N. The maximum Gasteiger partial charge on any atom is 0.0451 e. The Kier molecular flexibility index (Phi) is 4.57. The molecule has 2 rings (SSSR count). The Balaban J connectivity index is 2.45. The summed E-state index contributed by atoms with van der Waals surface area (Å²) in [5, 5.41) is 0. The first-order chi connectivity index (χ1) is 9.36. The third kappa shape index (κ3) is 3.14. The van der Waals surface area contributed by atoms with Crippen LogP contribution in [0.15, 0.2) is 79.9 Å². The van der Waals surface area contributed by atoms with E-state index in [9.17, 15) is 0 Å². The topological polar surface area (TPSA) is 3.24 Å². The first-order valence-electron chi connectivity index (χ1n) is 6.48. The quantitative estimate of drug-likeness (QED) is 0.680. The molecule has 0 saturated heterocycles. The van der Waals surface area contributed by atoms with Gasteiger partial charge in [0.05, 0.1) is 0 Å². The molecule has 0 aliphatic heterocycles. The lowest BCUT2D eigenvalue weighted by Crippen LogP contribution is -2.23.